The highest BCUT2D eigenvalue weighted by Crippen LogP contribution is 2.17. The van der Waals surface area contributed by atoms with Crippen LogP contribution in [0.3, 0.4) is 0 Å². The maximum absolute atomic E-state index is 12.2. The van der Waals surface area contributed by atoms with Crippen LogP contribution in [-0.4, -0.2) is 36.1 Å². The molecule has 0 fully saturated rings. The number of benzene rings is 1. The minimum Gasteiger partial charge on any atom is -0.493 e. The highest BCUT2D eigenvalue weighted by Gasteiger charge is 2.16. The molecule has 1 N–H and O–H groups in total. The Hall–Kier alpha value is -2.56. The van der Waals surface area contributed by atoms with Gasteiger partial charge >= 0.3 is 6.03 Å². The minimum absolute atomic E-state index is 0.0260. The normalized spacial score (nSPS) is 11.6. The number of urea groups is 1. The standard InChI is InChI=1S/C19H25N3O2/c1-15-8-4-5-10-18(15)24-13-7-12-21-19(23)22(3)16(2)17-9-6-11-20-14-17/h4-6,8-11,14,16H,7,12-13H2,1-3H3,(H,21,23)/t16-/m0/s1. The van der Waals surface area contributed by atoms with Gasteiger partial charge in [-0.2, -0.15) is 0 Å². The molecule has 128 valence electrons. The molecule has 0 unspecified atom stereocenters. The predicted octanol–water partition coefficient (Wildman–Crippen LogP) is 3.56. The van der Waals surface area contributed by atoms with Crippen molar-refractivity contribution in [3.8, 4) is 5.75 Å². The molecule has 5 heteroatoms. The van der Waals surface area contributed by atoms with E-state index < -0.39 is 0 Å². The Kier molecular flexibility index (Phi) is 6.61. The second kappa shape index (κ2) is 8.91. The third-order valence-corrected chi connectivity index (χ3v) is 4.02. The molecular weight excluding hydrogens is 302 g/mol. The van der Waals surface area contributed by atoms with Crippen LogP contribution >= 0.6 is 0 Å². The van der Waals surface area contributed by atoms with Crippen LogP contribution in [0.25, 0.3) is 0 Å². The van der Waals surface area contributed by atoms with Crippen molar-refractivity contribution in [3.05, 3.63) is 59.9 Å². The number of amides is 2. The van der Waals surface area contributed by atoms with Gasteiger partial charge in [0.05, 0.1) is 12.6 Å². The fourth-order valence-corrected chi connectivity index (χ4v) is 2.32. The smallest absolute Gasteiger partial charge is 0.317 e. The molecule has 5 nitrogen and oxygen atoms in total. The summed E-state index contributed by atoms with van der Waals surface area (Å²) in [6.07, 6.45) is 4.27. The van der Waals surface area contributed by atoms with E-state index in [1.54, 1.807) is 24.3 Å². The van der Waals surface area contributed by atoms with E-state index in [4.69, 9.17) is 4.74 Å². The van der Waals surface area contributed by atoms with E-state index in [2.05, 4.69) is 10.3 Å². The van der Waals surface area contributed by atoms with Crippen LogP contribution < -0.4 is 10.1 Å². The Bertz CT molecular complexity index is 646. The number of aromatic nitrogens is 1. The Morgan fingerprint density at radius 1 is 1.29 bits per heavy atom. The van der Waals surface area contributed by atoms with E-state index in [1.165, 1.54) is 0 Å². The second-order valence-electron chi connectivity index (χ2n) is 5.77. The van der Waals surface area contributed by atoms with Gasteiger partial charge in [-0.15, -0.1) is 0 Å². The molecule has 0 bridgehead atoms. The average Bonchev–Trinajstić information content (AvgIpc) is 2.62. The minimum atomic E-state index is -0.0951. The molecule has 1 aromatic heterocycles. The summed E-state index contributed by atoms with van der Waals surface area (Å²) in [5.41, 5.74) is 2.13. The van der Waals surface area contributed by atoms with E-state index >= 15 is 0 Å². The first kappa shape index (κ1) is 17.8. The first-order chi connectivity index (χ1) is 11.6. The van der Waals surface area contributed by atoms with Gasteiger partial charge in [-0.05, 0) is 43.5 Å². The summed E-state index contributed by atoms with van der Waals surface area (Å²) in [5.74, 6) is 0.895. The van der Waals surface area contributed by atoms with Crippen molar-refractivity contribution in [3.63, 3.8) is 0 Å². The van der Waals surface area contributed by atoms with Crippen molar-refractivity contribution in [1.82, 2.24) is 15.2 Å². The summed E-state index contributed by atoms with van der Waals surface area (Å²) in [6.45, 7) is 5.16. The predicted molar refractivity (Wildman–Crippen MR) is 95.1 cm³/mol. The SMILES string of the molecule is Cc1ccccc1OCCCNC(=O)N(C)[C@@H](C)c1cccnc1. The number of para-hydroxylation sites is 1. The number of carbonyl (C=O) groups is 1. The third-order valence-electron chi connectivity index (χ3n) is 4.02. The molecule has 1 atom stereocenters. The molecule has 2 rings (SSSR count). The number of aryl methyl sites for hydroxylation is 1. The summed E-state index contributed by atoms with van der Waals surface area (Å²) < 4.78 is 5.72. The van der Waals surface area contributed by atoms with Gasteiger partial charge in [0, 0.05) is 26.0 Å². The molecule has 1 aromatic carbocycles. The lowest BCUT2D eigenvalue weighted by molar-refractivity contribution is 0.193. The Labute approximate surface area is 143 Å². The topological polar surface area (TPSA) is 54.5 Å². The number of pyridine rings is 1. The van der Waals surface area contributed by atoms with Crippen molar-refractivity contribution < 1.29 is 9.53 Å². The molecule has 24 heavy (non-hydrogen) atoms. The summed E-state index contributed by atoms with van der Waals surface area (Å²) >= 11 is 0. The molecule has 0 aliphatic heterocycles. The molecule has 0 saturated heterocycles. The number of rotatable bonds is 7. The highest BCUT2D eigenvalue weighted by atomic mass is 16.5. The molecule has 0 radical (unpaired) electrons. The van der Waals surface area contributed by atoms with Crippen molar-refractivity contribution >= 4 is 6.03 Å². The number of nitrogens with one attached hydrogen (secondary N) is 1. The zero-order valence-corrected chi connectivity index (χ0v) is 14.5. The number of hydrogen-bond acceptors (Lipinski definition) is 3. The van der Waals surface area contributed by atoms with Gasteiger partial charge < -0.3 is 15.0 Å². The van der Waals surface area contributed by atoms with E-state index in [-0.39, 0.29) is 12.1 Å². The molecule has 0 aliphatic carbocycles. The summed E-state index contributed by atoms with van der Waals surface area (Å²) in [4.78, 5) is 18.0. The number of ether oxygens (including phenoxy) is 1. The zero-order valence-electron chi connectivity index (χ0n) is 14.5. The molecular formula is C19H25N3O2. The second-order valence-corrected chi connectivity index (χ2v) is 5.77. The first-order valence-corrected chi connectivity index (χ1v) is 8.18. The number of hydrogen-bond donors (Lipinski definition) is 1. The van der Waals surface area contributed by atoms with Crippen LogP contribution in [0.2, 0.25) is 0 Å². The lowest BCUT2D eigenvalue weighted by Gasteiger charge is -2.25. The van der Waals surface area contributed by atoms with E-state index in [1.807, 2.05) is 50.2 Å². The van der Waals surface area contributed by atoms with Crippen molar-refractivity contribution in [2.75, 3.05) is 20.2 Å². The fraction of sp³-hybridized carbons (Fsp3) is 0.368. The molecule has 1 heterocycles. The molecule has 0 aliphatic rings. The molecule has 0 saturated carbocycles. The maximum Gasteiger partial charge on any atom is 0.317 e. The quantitative estimate of drug-likeness (QED) is 0.791. The van der Waals surface area contributed by atoms with Crippen LogP contribution in [0.4, 0.5) is 4.79 Å². The van der Waals surface area contributed by atoms with E-state index in [0.717, 1.165) is 23.3 Å². The van der Waals surface area contributed by atoms with Gasteiger partial charge in [-0.3, -0.25) is 4.98 Å². The largest absolute Gasteiger partial charge is 0.493 e. The summed E-state index contributed by atoms with van der Waals surface area (Å²) in [5, 5.41) is 2.92. The van der Waals surface area contributed by atoms with Crippen molar-refractivity contribution in [1.29, 1.82) is 0 Å². The lowest BCUT2D eigenvalue weighted by atomic mass is 10.1. The first-order valence-electron chi connectivity index (χ1n) is 8.18. The van der Waals surface area contributed by atoms with E-state index in [0.29, 0.717) is 13.2 Å². The van der Waals surface area contributed by atoms with Crippen LogP contribution in [0.1, 0.15) is 30.5 Å². The van der Waals surface area contributed by atoms with Crippen LogP contribution in [0.5, 0.6) is 5.75 Å². The zero-order chi connectivity index (χ0) is 17.4. The Morgan fingerprint density at radius 2 is 2.08 bits per heavy atom. The fourth-order valence-electron chi connectivity index (χ4n) is 2.32. The molecule has 0 spiro atoms. The van der Waals surface area contributed by atoms with Crippen molar-refractivity contribution in [2.24, 2.45) is 0 Å². The van der Waals surface area contributed by atoms with Crippen LogP contribution in [0, 0.1) is 6.92 Å². The third kappa shape index (κ3) is 4.98. The maximum atomic E-state index is 12.2. The van der Waals surface area contributed by atoms with E-state index in [9.17, 15) is 4.79 Å². The van der Waals surface area contributed by atoms with Crippen molar-refractivity contribution in [2.45, 2.75) is 26.3 Å². The Balaban J connectivity index is 1.70. The number of carbonyl (C=O) groups excluding carboxylic acids is 1. The molecule has 2 amide bonds. The highest BCUT2D eigenvalue weighted by molar-refractivity contribution is 5.74. The van der Waals surface area contributed by atoms with Gasteiger partial charge in [0.1, 0.15) is 5.75 Å². The Morgan fingerprint density at radius 3 is 2.79 bits per heavy atom. The summed E-state index contributed by atoms with van der Waals surface area (Å²) in [7, 11) is 1.79. The number of nitrogens with zero attached hydrogens (tertiary/aromatic N) is 2. The summed E-state index contributed by atoms with van der Waals surface area (Å²) in [6, 6.07) is 11.6. The monoisotopic (exact) mass is 327 g/mol. The van der Waals surface area contributed by atoms with Crippen LogP contribution in [-0.2, 0) is 0 Å². The van der Waals surface area contributed by atoms with Gasteiger partial charge in [0.15, 0.2) is 0 Å². The molecule has 2 aromatic rings. The van der Waals surface area contributed by atoms with Crippen LogP contribution in [0.15, 0.2) is 48.8 Å². The van der Waals surface area contributed by atoms with Gasteiger partial charge in [0.2, 0.25) is 0 Å². The van der Waals surface area contributed by atoms with Gasteiger partial charge in [0.25, 0.3) is 0 Å². The van der Waals surface area contributed by atoms with Gasteiger partial charge in [-0.25, -0.2) is 4.79 Å². The average molecular weight is 327 g/mol. The van der Waals surface area contributed by atoms with Gasteiger partial charge in [-0.1, -0.05) is 24.3 Å². The lowest BCUT2D eigenvalue weighted by Crippen LogP contribution is -2.39.